The Hall–Kier alpha value is -1.16. The molecule has 3 nitrogen and oxygen atoms in total. The lowest BCUT2D eigenvalue weighted by Gasteiger charge is -2.28. The maximum Gasteiger partial charge on any atom is 0.129 e. The van der Waals surface area contributed by atoms with E-state index in [0.29, 0.717) is 11.0 Å². The van der Waals surface area contributed by atoms with Crippen LogP contribution in [0.3, 0.4) is 0 Å². The van der Waals surface area contributed by atoms with Gasteiger partial charge in [-0.25, -0.2) is 4.98 Å². The molecule has 0 bridgehead atoms. The van der Waals surface area contributed by atoms with Crippen LogP contribution in [0, 0.1) is 0 Å². The van der Waals surface area contributed by atoms with E-state index in [4.69, 9.17) is 18.0 Å². The van der Waals surface area contributed by atoms with Gasteiger partial charge in [0, 0.05) is 24.3 Å². The van der Waals surface area contributed by atoms with Gasteiger partial charge in [-0.15, -0.1) is 0 Å². The molecule has 0 aliphatic carbocycles. The molecule has 16 heavy (non-hydrogen) atoms. The number of thiocarbonyl (C=S) groups is 1. The lowest BCUT2D eigenvalue weighted by atomic mass is 10.2. The Balaban J connectivity index is 3.01. The summed E-state index contributed by atoms with van der Waals surface area (Å²) >= 11 is 4.97. The number of nitrogens with zero attached hydrogens (tertiary/aromatic N) is 2. The van der Waals surface area contributed by atoms with Gasteiger partial charge >= 0.3 is 0 Å². The lowest BCUT2D eigenvalue weighted by Crippen LogP contribution is -2.33. The molecule has 88 valence electrons. The minimum absolute atomic E-state index is 0.420. The lowest BCUT2D eigenvalue weighted by molar-refractivity contribution is 0.623. The van der Waals surface area contributed by atoms with Gasteiger partial charge in [-0.3, -0.25) is 0 Å². The molecule has 1 heterocycles. The molecule has 1 aromatic heterocycles. The van der Waals surface area contributed by atoms with E-state index < -0.39 is 0 Å². The van der Waals surface area contributed by atoms with Crippen LogP contribution in [0.25, 0.3) is 0 Å². The molecule has 0 aliphatic rings. The van der Waals surface area contributed by atoms with E-state index >= 15 is 0 Å². The first-order valence-electron chi connectivity index (χ1n) is 5.62. The zero-order valence-corrected chi connectivity index (χ0v) is 10.9. The van der Waals surface area contributed by atoms with Crippen molar-refractivity contribution >= 4 is 23.0 Å². The summed E-state index contributed by atoms with van der Waals surface area (Å²) in [4.78, 5) is 7.04. The van der Waals surface area contributed by atoms with E-state index in [1.807, 2.05) is 12.1 Å². The number of nitrogens with two attached hydrogens (primary N) is 1. The third kappa shape index (κ3) is 2.92. The van der Waals surface area contributed by atoms with Crippen LogP contribution in [0.5, 0.6) is 0 Å². The highest BCUT2D eigenvalue weighted by molar-refractivity contribution is 7.80. The summed E-state index contributed by atoms with van der Waals surface area (Å²) in [7, 11) is 0. The molecule has 1 unspecified atom stereocenters. The molecular formula is C12H19N3S. The average Bonchev–Trinajstić information content (AvgIpc) is 2.30. The molecule has 1 aromatic rings. The van der Waals surface area contributed by atoms with Crippen LogP contribution in [0.15, 0.2) is 18.3 Å². The second-order valence-electron chi connectivity index (χ2n) is 3.81. The van der Waals surface area contributed by atoms with Crippen LogP contribution in [0.4, 0.5) is 5.82 Å². The Morgan fingerprint density at radius 3 is 2.75 bits per heavy atom. The number of hydrogen-bond donors (Lipinski definition) is 1. The standard InChI is InChI=1S/C12H19N3S/c1-4-9(3)15(5-2)11-8-10(12(13)16)6-7-14-11/h6-9H,4-5H2,1-3H3,(H2,13,16). The monoisotopic (exact) mass is 237 g/mol. The first kappa shape index (κ1) is 12.9. The minimum Gasteiger partial charge on any atom is -0.389 e. The molecule has 4 heteroatoms. The van der Waals surface area contributed by atoms with Crippen molar-refractivity contribution in [1.29, 1.82) is 0 Å². The number of aromatic nitrogens is 1. The molecule has 2 N–H and O–H groups in total. The van der Waals surface area contributed by atoms with Crippen molar-refractivity contribution in [2.75, 3.05) is 11.4 Å². The normalized spacial score (nSPS) is 12.2. The molecule has 0 aromatic carbocycles. The number of pyridine rings is 1. The third-order valence-electron chi connectivity index (χ3n) is 2.79. The molecule has 0 aliphatic heterocycles. The van der Waals surface area contributed by atoms with Crippen molar-refractivity contribution < 1.29 is 0 Å². The summed E-state index contributed by atoms with van der Waals surface area (Å²) in [6.45, 7) is 7.42. The number of anilines is 1. The summed E-state index contributed by atoms with van der Waals surface area (Å²) in [5.74, 6) is 0.946. The summed E-state index contributed by atoms with van der Waals surface area (Å²) in [6.07, 6.45) is 2.85. The van der Waals surface area contributed by atoms with Crippen LogP contribution in [-0.4, -0.2) is 22.6 Å². The SMILES string of the molecule is CCC(C)N(CC)c1cc(C(N)=S)ccn1. The fourth-order valence-corrected chi connectivity index (χ4v) is 1.78. The van der Waals surface area contributed by atoms with Crippen LogP contribution in [-0.2, 0) is 0 Å². The van der Waals surface area contributed by atoms with Crippen LogP contribution >= 0.6 is 12.2 Å². The summed E-state index contributed by atoms with van der Waals surface area (Å²) in [5.41, 5.74) is 6.49. The van der Waals surface area contributed by atoms with E-state index in [2.05, 4.69) is 30.7 Å². The first-order chi connectivity index (χ1) is 7.60. The second-order valence-corrected chi connectivity index (χ2v) is 4.25. The van der Waals surface area contributed by atoms with Gasteiger partial charge in [0.1, 0.15) is 10.8 Å². The van der Waals surface area contributed by atoms with E-state index in [-0.39, 0.29) is 0 Å². The van der Waals surface area contributed by atoms with Crippen LogP contribution in [0.1, 0.15) is 32.8 Å². The van der Waals surface area contributed by atoms with Crippen molar-refractivity contribution in [3.05, 3.63) is 23.9 Å². The van der Waals surface area contributed by atoms with Crippen LogP contribution < -0.4 is 10.6 Å². The van der Waals surface area contributed by atoms with E-state index in [1.165, 1.54) is 0 Å². The highest BCUT2D eigenvalue weighted by Crippen LogP contribution is 2.16. The van der Waals surface area contributed by atoms with Gasteiger partial charge in [0.15, 0.2) is 0 Å². The van der Waals surface area contributed by atoms with Gasteiger partial charge in [-0.1, -0.05) is 19.1 Å². The van der Waals surface area contributed by atoms with E-state index in [1.54, 1.807) is 6.20 Å². The minimum atomic E-state index is 0.420. The van der Waals surface area contributed by atoms with Crippen molar-refractivity contribution in [2.24, 2.45) is 5.73 Å². The highest BCUT2D eigenvalue weighted by Gasteiger charge is 2.12. The predicted molar refractivity (Wildman–Crippen MR) is 72.9 cm³/mol. The molecule has 0 radical (unpaired) electrons. The Morgan fingerprint density at radius 1 is 1.56 bits per heavy atom. The van der Waals surface area contributed by atoms with Crippen molar-refractivity contribution in [2.45, 2.75) is 33.2 Å². The molecule has 1 atom stereocenters. The largest absolute Gasteiger partial charge is 0.389 e. The van der Waals surface area contributed by atoms with Crippen LogP contribution in [0.2, 0.25) is 0 Å². The Morgan fingerprint density at radius 2 is 2.25 bits per heavy atom. The molecule has 0 saturated carbocycles. The van der Waals surface area contributed by atoms with Gasteiger partial charge in [-0.2, -0.15) is 0 Å². The van der Waals surface area contributed by atoms with Gasteiger partial charge in [0.2, 0.25) is 0 Å². The molecule has 0 fully saturated rings. The van der Waals surface area contributed by atoms with E-state index in [0.717, 1.165) is 24.3 Å². The fourth-order valence-electron chi connectivity index (χ4n) is 1.65. The van der Waals surface area contributed by atoms with E-state index in [9.17, 15) is 0 Å². The topological polar surface area (TPSA) is 42.1 Å². The maximum atomic E-state index is 5.62. The Kier molecular flexibility index (Phi) is 4.68. The Labute approximate surface area is 103 Å². The van der Waals surface area contributed by atoms with Gasteiger partial charge in [0.05, 0.1) is 0 Å². The zero-order chi connectivity index (χ0) is 12.1. The molecule has 1 rings (SSSR count). The average molecular weight is 237 g/mol. The third-order valence-corrected chi connectivity index (χ3v) is 3.02. The second kappa shape index (κ2) is 5.80. The smallest absolute Gasteiger partial charge is 0.129 e. The van der Waals surface area contributed by atoms with Gasteiger partial charge in [-0.05, 0) is 32.4 Å². The first-order valence-corrected chi connectivity index (χ1v) is 6.03. The van der Waals surface area contributed by atoms with Crippen molar-refractivity contribution in [3.8, 4) is 0 Å². The zero-order valence-electron chi connectivity index (χ0n) is 10.1. The molecule has 0 amide bonds. The summed E-state index contributed by atoms with van der Waals surface area (Å²) in [5, 5.41) is 0. The number of rotatable bonds is 5. The molecule has 0 saturated heterocycles. The van der Waals surface area contributed by atoms with Crippen molar-refractivity contribution in [1.82, 2.24) is 4.98 Å². The fraction of sp³-hybridized carbons (Fsp3) is 0.500. The Bertz CT molecular complexity index is 365. The van der Waals surface area contributed by atoms with Crippen molar-refractivity contribution in [3.63, 3.8) is 0 Å². The predicted octanol–water partition coefficient (Wildman–Crippen LogP) is 2.34. The quantitative estimate of drug-likeness (QED) is 0.798. The number of hydrogen-bond acceptors (Lipinski definition) is 3. The summed E-state index contributed by atoms with van der Waals surface area (Å²) in [6, 6.07) is 4.27. The highest BCUT2D eigenvalue weighted by atomic mass is 32.1. The molecular weight excluding hydrogens is 218 g/mol. The molecule has 0 spiro atoms. The van der Waals surface area contributed by atoms with Gasteiger partial charge in [0.25, 0.3) is 0 Å². The van der Waals surface area contributed by atoms with Gasteiger partial charge < -0.3 is 10.6 Å². The summed E-state index contributed by atoms with van der Waals surface area (Å²) < 4.78 is 0. The maximum absolute atomic E-state index is 5.62.